The van der Waals surface area contributed by atoms with E-state index in [9.17, 15) is 5.11 Å². The maximum atomic E-state index is 10.7. The summed E-state index contributed by atoms with van der Waals surface area (Å²) < 4.78 is 11.5. The molecule has 4 heteroatoms. The van der Waals surface area contributed by atoms with E-state index in [1.165, 1.54) is 6.42 Å². The predicted molar refractivity (Wildman–Crippen MR) is 76.6 cm³/mol. The SMILES string of the molecule is Cc1ccc(C2CN(CC3(O)CCCCC3)CCO2)o1. The number of morpholine rings is 1. The Morgan fingerprint density at radius 3 is 2.80 bits per heavy atom. The highest BCUT2D eigenvalue weighted by Gasteiger charge is 2.34. The molecule has 0 aromatic carbocycles. The first-order chi connectivity index (χ1) is 9.65. The summed E-state index contributed by atoms with van der Waals surface area (Å²) in [6.45, 7) is 5.15. The molecule has 0 spiro atoms. The smallest absolute Gasteiger partial charge is 0.134 e. The topological polar surface area (TPSA) is 45.8 Å². The monoisotopic (exact) mass is 279 g/mol. The summed E-state index contributed by atoms with van der Waals surface area (Å²) in [5.74, 6) is 1.83. The van der Waals surface area contributed by atoms with Gasteiger partial charge in [0.05, 0.1) is 12.2 Å². The first-order valence-corrected chi connectivity index (χ1v) is 7.77. The summed E-state index contributed by atoms with van der Waals surface area (Å²) in [6.07, 6.45) is 5.46. The second-order valence-corrected chi connectivity index (χ2v) is 6.33. The third kappa shape index (κ3) is 3.25. The van der Waals surface area contributed by atoms with Crippen LogP contribution in [-0.4, -0.2) is 41.8 Å². The van der Waals surface area contributed by atoms with Crippen molar-refractivity contribution in [3.05, 3.63) is 23.7 Å². The van der Waals surface area contributed by atoms with Gasteiger partial charge in [-0.2, -0.15) is 0 Å². The zero-order valence-corrected chi connectivity index (χ0v) is 12.3. The lowest BCUT2D eigenvalue weighted by molar-refractivity contribution is -0.0816. The summed E-state index contributed by atoms with van der Waals surface area (Å²) in [7, 11) is 0. The molecule has 3 rings (SSSR count). The summed E-state index contributed by atoms with van der Waals surface area (Å²) in [6, 6.07) is 3.98. The van der Waals surface area contributed by atoms with Crippen LogP contribution in [0.5, 0.6) is 0 Å². The molecule has 1 N–H and O–H groups in total. The molecular weight excluding hydrogens is 254 g/mol. The minimum absolute atomic E-state index is 0.00430. The van der Waals surface area contributed by atoms with Crippen molar-refractivity contribution in [2.24, 2.45) is 0 Å². The van der Waals surface area contributed by atoms with E-state index in [-0.39, 0.29) is 6.10 Å². The summed E-state index contributed by atoms with van der Waals surface area (Å²) in [5, 5.41) is 10.7. The minimum atomic E-state index is -0.487. The molecule has 20 heavy (non-hydrogen) atoms. The van der Waals surface area contributed by atoms with Crippen molar-refractivity contribution < 1.29 is 14.3 Å². The molecule has 0 bridgehead atoms. The van der Waals surface area contributed by atoms with Gasteiger partial charge in [-0.1, -0.05) is 19.3 Å². The van der Waals surface area contributed by atoms with Crippen LogP contribution >= 0.6 is 0 Å². The number of β-amino-alcohol motifs (C(OH)–C–C–N with tert-alkyl or cyclic N) is 1. The normalized spacial score (nSPS) is 27.6. The molecule has 4 nitrogen and oxygen atoms in total. The van der Waals surface area contributed by atoms with E-state index in [0.717, 1.165) is 56.8 Å². The van der Waals surface area contributed by atoms with Gasteiger partial charge in [-0.3, -0.25) is 4.90 Å². The fourth-order valence-electron chi connectivity index (χ4n) is 3.43. The van der Waals surface area contributed by atoms with E-state index in [4.69, 9.17) is 9.15 Å². The lowest BCUT2D eigenvalue weighted by Crippen LogP contribution is -2.48. The van der Waals surface area contributed by atoms with Crippen LogP contribution in [0.4, 0.5) is 0 Å². The number of furan rings is 1. The Labute approximate surface area is 120 Å². The van der Waals surface area contributed by atoms with E-state index < -0.39 is 5.60 Å². The number of ether oxygens (including phenoxy) is 1. The molecule has 112 valence electrons. The third-order valence-electron chi connectivity index (χ3n) is 4.53. The zero-order chi connectivity index (χ0) is 14.0. The van der Waals surface area contributed by atoms with Gasteiger partial charge in [0.15, 0.2) is 0 Å². The molecule has 2 fully saturated rings. The predicted octanol–water partition coefficient (Wildman–Crippen LogP) is 2.66. The molecule has 1 aliphatic heterocycles. The Hall–Kier alpha value is -0.840. The first kappa shape index (κ1) is 14.1. The van der Waals surface area contributed by atoms with E-state index in [2.05, 4.69) is 4.90 Å². The van der Waals surface area contributed by atoms with Crippen LogP contribution in [0.2, 0.25) is 0 Å². The summed E-state index contributed by atoms with van der Waals surface area (Å²) >= 11 is 0. The molecule has 1 unspecified atom stereocenters. The standard InChI is InChI=1S/C16H25NO3/c1-13-5-6-14(20-13)15-11-17(9-10-19-15)12-16(18)7-3-2-4-8-16/h5-6,15,18H,2-4,7-12H2,1H3. The molecular formula is C16H25NO3. The van der Waals surface area contributed by atoms with Crippen LogP contribution in [-0.2, 0) is 4.74 Å². The third-order valence-corrected chi connectivity index (χ3v) is 4.53. The van der Waals surface area contributed by atoms with Crippen molar-refractivity contribution in [2.75, 3.05) is 26.2 Å². The second-order valence-electron chi connectivity index (χ2n) is 6.33. The van der Waals surface area contributed by atoms with Crippen LogP contribution < -0.4 is 0 Å². The van der Waals surface area contributed by atoms with Gasteiger partial charge in [0.1, 0.15) is 17.6 Å². The van der Waals surface area contributed by atoms with Gasteiger partial charge < -0.3 is 14.3 Å². The number of aryl methyl sites for hydroxylation is 1. The molecule has 1 aromatic heterocycles. The molecule has 1 saturated heterocycles. The molecule has 0 amide bonds. The molecule has 1 aromatic rings. The Kier molecular flexibility index (Phi) is 4.15. The minimum Gasteiger partial charge on any atom is -0.464 e. The van der Waals surface area contributed by atoms with Crippen LogP contribution in [0.15, 0.2) is 16.5 Å². The Morgan fingerprint density at radius 2 is 2.10 bits per heavy atom. The maximum Gasteiger partial charge on any atom is 0.134 e. The quantitative estimate of drug-likeness (QED) is 0.924. The maximum absolute atomic E-state index is 10.7. The first-order valence-electron chi connectivity index (χ1n) is 7.77. The van der Waals surface area contributed by atoms with Crippen LogP contribution in [0.3, 0.4) is 0 Å². The van der Waals surface area contributed by atoms with Crippen molar-refractivity contribution in [2.45, 2.75) is 50.7 Å². The molecule has 1 aliphatic carbocycles. The highest BCUT2D eigenvalue weighted by molar-refractivity contribution is 5.09. The van der Waals surface area contributed by atoms with Crippen LogP contribution in [0, 0.1) is 6.92 Å². The fourth-order valence-corrected chi connectivity index (χ4v) is 3.43. The number of nitrogens with zero attached hydrogens (tertiary/aromatic N) is 1. The Balaban J connectivity index is 1.60. The van der Waals surface area contributed by atoms with Gasteiger partial charge >= 0.3 is 0 Å². The average molecular weight is 279 g/mol. The summed E-state index contributed by atoms with van der Waals surface area (Å²) in [5.41, 5.74) is -0.487. The van der Waals surface area contributed by atoms with Crippen molar-refractivity contribution in [1.29, 1.82) is 0 Å². The van der Waals surface area contributed by atoms with Gasteiger partial charge in [0, 0.05) is 19.6 Å². The van der Waals surface area contributed by atoms with E-state index in [1.807, 2.05) is 19.1 Å². The van der Waals surface area contributed by atoms with Gasteiger partial charge in [-0.05, 0) is 31.9 Å². The second kappa shape index (κ2) is 5.88. The van der Waals surface area contributed by atoms with E-state index >= 15 is 0 Å². The van der Waals surface area contributed by atoms with Gasteiger partial charge in [0.2, 0.25) is 0 Å². The molecule has 2 heterocycles. The largest absolute Gasteiger partial charge is 0.464 e. The molecule has 1 saturated carbocycles. The van der Waals surface area contributed by atoms with Crippen molar-refractivity contribution >= 4 is 0 Å². The number of hydrogen-bond acceptors (Lipinski definition) is 4. The lowest BCUT2D eigenvalue weighted by Gasteiger charge is -2.40. The average Bonchev–Trinajstić information content (AvgIpc) is 2.86. The highest BCUT2D eigenvalue weighted by atomic mass is 16.5. The number of aliphatic hydroxyl groups is 1. The highest BCUT2D eigenvalue weighted by Crippen LogP contribution is 2.31. The zero-order valence-electron chi connectivity index (χ0n) is 12.3. The Bertz CT molecular complexity index is 437. The van der Waals surface area contributed by atoms with Crippen LogP contribution in [0.1, 0.15) is 49.7 Å². The Morgan fingerprint density at radius 1 is 1.30 bits per heavy atom. The van der Waals surface area contributed by atoms with E-state index in [0.29, 0.717) is 6.61 Å². The van der Waals surface area contributed by atoms with Crippen molar-refractivity contribution in [3.8, 4) is 0 Å². The summed E-state index contributed by atoms with van der Waals surface area (Å²) in [4.78, 5) is 2.33. The van der Waals surface area contributed by atoms with Crippen molar-refractivity contribution in [3.63, 3.8) is 0 Å². The number of hydrogen-bond donors (Lipinski definition) is 1. The lowest BCUT2D eigenvalue weighted by atomic mass is 9.84. The van der Waals surface area contributed by atoms with E-state index in [1.54, 1.807) is 0 Å². The molecule has 1 atom stereocenters. The van der Waals surface area contributed by atoms with Crippen LogP contribution in [0.25, 0.3) is 0 Å². The number of rotatable bonds is 3. The molecule has 0 radical (unpaired) electrons. The van der Waals surface area contributed by atoms with Gasteiger partial charge in [-0.25, -0.2) is 0 Å². The van der Waals surface area contributed by atoms with Gasteiger partial charge in [-0.15, -0.1) is 0 Å². The molecule has 2 aliphatic rings. The van der Waals surface area contributed by atoms with Gasteiger partial charge in [0.25, 0.3) is 0 Å². The fraction of sp³-hybridized carbons (Fsp3) is 0.750. The van der Waals surface area contributed by atoms with Crippen molar-refractivity contribution in [1.82, 2.24) is 4.90 Å².